The van der Waals surface area contributed by atoms with Crippen molar-refractivity contribution >= 4 is 21.4 Å². The smallest absolute Gasteiger partial charge is 0.252 e. The third kappa shape index (κ3) is 3.74. The lowest BCUT2D eigenvalue weighted by atomic mass is 10.0. The summed E-state index contributed by atoms with van der Waals surface area (Å²) in [4.78, 5) is 3.62. The Bertz CT molecular complexity index is 844. The largest absolute Gasteiger partial charge is 0.297 e. The SMILES string of the molecule is CCc1ccc(S(=O)(=O)N2CCN(C3CC3)CC2Cc2ccccc2)s1. The van der Waals surface area contributed by atoms with Crippen molar-refractivity contribution < 1.29 is 8.42 Å². The molecule has 0 N–H and O–H groups in total. The first-order valence-electron chi connectivity index (χ1n) is 9.46. The predicted octanol–water partition coefficient (Wildman–Crippen LogP) is 3.39. The summed E-state index contributed by atoms with van der Waals surface area (Å²) in [6, 6.07) is 14.7. The van der Waals surface area contributed by atoms with Crippen molar-refractivity contribution in [2.24, 2.45) is 0 Å². The zero-order valence-electron chi connectivity index (χ0n) is 15.2. The van der Waals surface area contributed by atoms with Gasteiger partial charge in [-0.2, -0.15) is 4.31 Å². The molecule has 0 amide bonds. The summed E-state index contributed by atoms with van der Waals surface area (Å²) < 4.78 is 28.9. The Morgan fingerprint density at radius 3 is 2.50 bits per heavy atom. The van der Waals surface area contributed by atoms with Gasteiger partial charge in [-0.1, -0.05) is 37.3 Å². The Hall–Kier alpha value is -1.21. The van der Waals surface area contributed by atoms with E-state index >= 15 is 0 Å². The van der Waals surface area contributed by atoms with E-state index in [-0.39, 0.29) is 6.04 Å². The van der Waals surface area contributed by atoms with Crippen LogP contribution in [-0.4, -0.2) is 49.3 Å². The molecule has 1 unspecified atom stereocenters. The lowest BCUT2D eigenvalue weighted by Crippen LogP contribution is -2.56. The van der Waals surface area contributed by atoms with E-state index in [1.165, 1.54) is 29.7 Å². The molecule has 0 spiro atoms. The van der Waals surface area contributed by atoms with Gasteiger partial charge in [0.1, 0.15) is 4.21 Å². The second-order valence-electron chi connectivity index (χ2n) is 7.26. The fraction of sp³-hybridized carbons (Fsp3) is 0.500. The van der Waals surface area contributed by atoms with Gasteiger partial charge in [0.2, 0.25) is 0 Å². The number of hydrogen-bond acceptors (Lipinski definition) is 4. The molecule has 6 heteroatoms. The molecule has 26 heavy (non-hydrogen) atoms. The summed E-state index contributed by atoms with van der Waals surface area (Å²) in [6.07, 6.45) is 4.17. The van der Waals surface area contributed by atoms with Crippen molar-refractivity contribution in [3.05, 3.63) is 52.9 Å². The standard InChI is InChI=1S/C20H26N2O2S2/c1-2-19-10-11-20(25-19)26(23,24)22-13-12-21(17-8-9-17)15-18(22)14-16-6-4-3-5-7-16/h3-7,10-11,17-18H,2,8-9,12-15H2,1H3. The number of piperazine rings is 1. The Balaban J connectivity index is 1.60. The van der Waals surface area contributed by atoms with Crippen LogP contribution >= 0.6 is 11.3 Å². The molecular formula is C20H26N2O2S2. The molecule has 1 aromatic carbocycles. The first-order valence-corrected chi connectivity index (χ1v) is 11.7. The van der Waals surface area contributed by atoms with Crippen molar-refractivity contribution in [3.63, 3.8) is 0 Å². The molecule has 140 valence electrons. The van der Waals surface area contributed by atoms with Gasteiger partial charge in [0.25, 0.3) is 10.0 Å². The maximum atomic E-state index is 13.3. The summed E-state index contributed by atoms with van der Waals surface area (Å²) >= 11 is 1.42. The van der Waals surface area contributed by atoms with Crippen LogP contribution in [0.5, 0.6) is 0 Å². The number of hydrogen-bond donors (Lipinski definition) is 0. The molecule has 1 saturated carbocycles. The molecule has 1 atom stereocenters. The molecule has 4 nitrogen and oxygen atoms in total. The molecule has 0 bridgehead atoms. The highest BCUT2D eigenvalue weighted by Crippen LogP contribution is 2.33. The van der Waals surface area contributed by atoms with Gasteiger partial charge in [-0.05, 0) is 43.4 Å². The quantitative estimate of drug-likeness (QED) is 0.759. The van der Waals surface area contributed by atoms with E-state index in [1.54, 1.807) is 10.4 Å². The topological polar surface area (TPSA) is 40.6 Å². The monoisotopic (exact) mass is 390 g/mol. The van der Waals surface area contributed by atoms with E-state index in [4.69, 9.17) is 0 Å². The van der Waals surface area contributed by atoms with Crippen molar-refractivity contribution in [3.8, 4) is 0 Å². The molecule has 2 aromatic rings. The first-order chi connectivity index (χ1) is 12.6. The van der Waals surface area contributed by atoms with Gasteiger partial charge in [0.05, 0.1) is 0 Å². The molecule has 0 radical (unpaired) electrons. The van der Waals surface area contributed by atoms with Crippen LogP contribution in [0.15, 0.2) is 46.7 Å². The normalized spacial score (nSPS) is 22.6. The third-order valence-electron chi connectivity index (χ3n) is 5.39. The molecular weight excluding hydrogens is 364 g/mol. The number of benzene rings is 1. The zero-order valence-corrected chi connectivity index (χ0v) is 16.8. The van der Waals surface area contributed by atoms with Gasteiger partial charge in [0, 0.05) is 36.6 Å². The van der Waals surface area contributed by atoms with E-state index in [0.717, 1.165) is 30.8 Å². The molecule has 4 rings (SSSR count). The number of thiophene rings is 1. The number of sulfonamides is 1. The Morgan fingerprint density at radius 1 is 1.08 bits per heavy atom. The van der Waals surface area contributed by atoms with Crippen LogP contribution in [0.3, 0.4) is 0 Å². The fourth-order valence-corrected chi connectivity index (χ4v) is 6.84. The van der Waals surface area contributed by atoms with Gasteiger partial charge in [-0.3, -0.25) is 4.90 Å². The molecule has 1 aliphatic heterocycles. The fourth-order valence-electron chi connectivity index (χ4n) is 3.81. The summed E-state index contributed by atoms with van der Waals surface area (Å²) in [5.74, 6) is 0. The highest BCUT2D eigenvalue weighted by atomic mass is 32.2. The van der Waals surface area contributed by atoms with Crippen LogP contribution in [0.1, 0.15) is 30.2 Å². The van der Waals surface area contributed by atoms with Gasteiger partial charge in [-0.15, -0.1) is 11.3 Å². The predicted molar refractivity (Wildman–Crippen MR) is 106 cm³/mol. The van der Waals surface area contributed by atoms with Crippen LogP contribution in [0, 0.1) is 0 Å². The average molecular weight is 391 g/mol. The summed E-state index contributed by atoms with van der Waals surface area (Å²) in [6.45, 7) is 4.34. The first kappa shape index (κ1) is 18.2. The van der Waals surface area contributed by atoms with Crippen molar-refractivity contribution in [1.29, 1.82) is 0 Å². The third-order valence-corrected chi connectivity index (χ3v) is 9.03. The highest BCUT2D eigenvalue weighted by molar-refractivity contribution is 7.91. The second-order valence-corrected chi connectivity index (χ2v) is 10.5. The molecule has 2 aliphatic rings. The van der Waals surface area contributed by atoms with E-state index in [9.17, 15) is 8.42 Å². The van der Waals surface area contributed by atoms with Gasteiger partial charge in [-0.25, -0.2) is 8.42 Å². The summed E-state index contributed by atoms with van der Waals surface area (Å²) in [7, 11) is -3.42. The van der Waals surface area contributed by atoms with Crippen LogP contribution in [0.2, 0.25) is 0 Å². The van der Waals surface area contributed by atoms with Crippen LogP contribution in [0.25, 0.3) is 0 Å². The molecule has 1 aromatic heterocycles. The Kier molecular flexibility index (Phi) is 5.19. The Labute approximate surface area is 160 Å². The molecule has 1 saturated heterocycles. The molecule has 2 heterocycles. The van der Waals surface area contributed by atoms with Crippen LogP contribution in [-0.2, 0) is 22.9 Å². The Morgan fingerprint density at radius 2 is 1.85 bits per heavy atom. The van der Waals surface area contributed by atoms with Gasteiger partial charge >= 0.3 is 0 Å². The number of rotatable bonds is 6. The second kappa shape index (κ2) is 7.43. The number of aryl methyl sites for hydroxylation is 1. The highest BCUT2D eigenvalue weighted by Gasteiger charge is 2.40. The summed E-state index contributed by atoms with van der Waals surface area (Å²) in [5, 5.41) is 0. The lowest BCUT2D eigenvalue weighted by molar-refractivity contribution is 0.128. The molecule has 1 aliphatic carbocycles. The summed E-state index contributed by atoms with van der Waals surface area (Å²) in [5.41, 5.74) is 1.20. The van der Waals surface area contributed by atoms with Crippen molar-refractivity contribution in [1.82, 2.24) is 9.21 Å². The van der Waals surface area contributed by atoms with Crippen molar-refractivity contribution in [2.45, 2.75) is 48.9 Å². The van der Waals surface area contributed by atoms with E-state index in [0.29, 0.717) is 16.8 Å². The minimum atomic E-state index is -3.42. The van der Waals surface area contributed by atoms with Crippen molar-refractivity contribution in [2.75, 3.05) is 19.6 Å². The minimum absolute atomic E-state index is 0.00364. The van der Waals surface area contributed by atoms with E-state index in [1.807, 2.05) is 24.3 Å². The van der Waals surface area contributed by atoms with Gasteiger partial charge in [0.15, 0.2) is 0 Å². The lowest BCUT2D eigenvalue weighted by Gasteiger charge is -2.40. The van der Waals surface area contributed by atoms with E-state index in [2.05, 4.69) is 24.0 Å². The van der Waals surface area contributed by atoms with E-state index < -0.39 is 10.0 Å². The van der Waals surface area contributed by atoms with Gasteiger partial charge < -0.3 is 0 Å². The maximum absolute atomic E-state index is 13.3. The maximum Gasteiger partial charge on any atom is 0.252 e. The number of nitrogens with zero attached hydrogens (tertiary/aromatic N) is 2. The average Bonchev–Trinajstić information content (AvgIpc) is 3.38. The zero-order chi connectivity index (χ0) is 18.1. The van der Waals surface area contributed by atoms with Crippen LogP contribution < -0.4 is 0 Å². The minimum Gasteiger partial charge on any atom is -0.297 e. The van der Waals surface area contributed by atoms with Crippen LogP contribution in [0.4, 0.5) is 0 Å². The molecule has 2 fully saturated rings.